The summed E-state index contributed by atoms with van der Waals surface area (Å²) >= 11 is 1.45. The van der Waals surface area contributed by atoms with Crippen LogP contribution in [0.1, 0.15) is 5.56 Å². The van der Waals surface area contributed by atoms with Gasteiger partial charge in [-0.15, -0.1) is 11.8 Å². The topological polar surface area (TPSA) is 29.1 Å². The van der Waals surface area contributed by atoms with Gasteiger partial charge in [-0.05, 0) is 30.7 Å². The molecule has 0 saturated heterocycles. The van der Waals surface area contributed by atoms with E-state index in [1.165, 1.54) is 17.8 Å². The van der Waals surface area contributed by atoms with Crippen LogP contribution in [-0.4, -0.2) is 11.7 Å². The van der Waals surface area contributed by atoms with Crippen molar-refractivity contribution in [3.05, 3.63) is 59.9 Å². The van der Waals surface area contributed by atoms with Gasteiger partial charge in [0.05, 0.1) is 11.4 Å². The van der Waals surface area contributed by atoms with Crippen molar-refractivity contribution < 1.29 is 9.18 Å². The molecule has 0 saturated carbocycles. The molecule has 0 aliphatic rings. The van der Waals surface area contributed by atoms with Crippen LogP contribution in [0.3, 0.4) is 0 Å². The highest BCUT2D eigenvalue weighted by Gasteiger charge is 2.07. The average molecular weight is 275 g/mol. The van der Waals surface area contributed by atoms with E-state index < -0.39 is 5.82 Å². The Bertz CT molecular complexity index is 586. The van der Waals surface area contributed by atoms with Crippen LogP contribution in [0.25, 0.3) is 0 Å². The molecule has 98 valence electrons. The fourth-order valence-electron chi connectivity index (χ4n) is 1.61. The zero-order valence-electron chi connectivity index (χ0n) is 10.5. The Labute approximate surface area is 116 Å². The molecule has 4 heteroatoms. The van der Waals surface area contributed by atoms with Crippen molar-refractivity contribution in [2.24, 2.45) is 0 Å². The quantitative estimate of drug-likeness (QED) is 0.858. The predicted octanol–water partition coefficient (Wildman–Crippen LogP) is 3.86. The molecule has 0 radical (unpaired) electrons. The van der Waals surface area contributed by atoms with E-state index in [0.29, 0.717) is 0 Å². The molecule has 0 aromatic heterocycles. The summed E-state index contributed by atoms with van der Waals surface area (Å²) in [6.45, 7) is 2.00. The van der Waals surface area contributed by atoms with Crippen LogP contribution in [0.15, 0.2) is 53.4 Å². The zero-order chi connectivity index (χ0) is 13.7. The largest absolute Gasteiger partial charge is 0.323 e. The summed E-state index contributed by atoms with van der Waals surface area (Å²) in [5, 5.41) is 2.57. The molecule has 0 atom stereocenters. The van der Waals surface area contributed by atoms with E-state index in [1.807, 2.05) is 31.2 Å². The Kier molecular flexibility index (Phi) is 4.58. The maximum absolute atomic E-state index is 13.4. The van der Waals surface area contributed by atoms with Crippen LogP contribution in [0.2, 0.25) is 0 Å². The van der Waals surface area contributed by atoms with Gasteiger partial charge in [0.1, 0.15) is 5.82 Å². The number of rotatable bonds is 4. The van der Waals surface area contributed by atoms with Crippen LogP contribution in [0.4, 0.5) is 10.1 Å². The lowest BCUT2D eigenvalue weighted by molar-refractivity contribution is -0.113. The molecule has 1 N–H and O–H groups in total. The van der Waals surface area contributed by atoms with Gasteiger partial charge in [0.2, 0.25) is 5.91 Å². The van der Waals surface area contributed by atoms with Crippen molar-refractivity contribution in [2.45, 2.75) is 11.8 Å². The molecule has 0 aliphatic heterocycles. The number of amides is 1. The highest BCUT2D eigenvalue weighted by Crippen LogP contribution is 2.22. The Morgan fingerprint density at radius 3 is 2.58 bits per heavy atom. The van der Waals surface area contributed by atoms with E-state index in [2.05, 4.69) is 5.32 Å². The fraction of sp³-hybridized carbons (Fsp3) is 0.133. The summed E-state index contributed by atoms with van der Waals surface area (Å²) in [6.07, 6.45) is 0. The molecule has 2 aromatic rings. The standard InChI is InChI=1S/C15H14FNOS/c1-11-6-2-5-9-14(11)19-10-15(18)17-13-8-4-3-7-12(13)16/h2-9H,10H2,1H3,(H,17,18). The molecule has 0 heterocycles. The Morgan fingerprint density at radius 2 is 1.84 bits per heavy atom. The summed E-state index contributed by atoms with van der Waals surface area (Å²) in [4.78, 5) is 12.8. The van der Waals surface area contributed by atoms with Crippen LogP contribution in [0, 0.1) is 12.7 Å². The SMILES string of the molecule is Cc1ccccc1SCC(=O)Nc1ccccc1F. The van der Waals surface area contributed by atoms with E-state index in [-0.39, 0.29) is 17.3 Å². The van der Waals surface area contributed by atoms with Gasteiger partial charge in [-0.2, -0.15) is 0 Å². The van der Waals surface area contributed by atoms with E-state index in [4.69, 9.17) is 0 Å². The van der Waals surface area contributed by atoms with Gasteiger partial charge in [-0.25, -0.2) is 4.39 Å². The number of carbonyl (C=O) groups is 1. The number of aryl methyl sites for hydroxylation is 1. The van der Waals surface area contributed by atoms with Crippen LogP contribution in [-0.2, 0) is 4.79 Å². The van der Waals surface area contributed by atoms with Gasteiger partial charge in [-0.1, -0.05) is 30.3 Å². The lowest BCUT2D eigenvalue weighted by Gasteiger charge is -2.07. The van der Waals surface area contributed by atoms with Gasteiger partial charge in [0.25, 0.3) is 0 Å². The van der Waals surface area contributed by atoms with Gasteiger partial charge < -0.3 is 5.32 Å². The minimum Gasteiger partial charge on any atom is -0.323 e. The molecule has 0 bridgehead atoms. The van der Waals surface area contributed by atoms with Crippen molar-refractivity contribution in [2.75, 3.05) is 11.1 Å². The molecule has 2 nitrogen and oxygen atoms in total. The van der Waals surface area contributed by atoms with Crippen LogP contribution in [0.5, 0.6) is 0 Å². The van der Waals surface area contributed by atoms with Gasteiger partial charge in [0, 0.05) is 4.90 Å². The summed E-state index contributed by atoms with van der Waals surface area (Å²) in [6, 6.07) is 14.0. The maximum atomic E-state index is 13.4. The first kappa shape index (κ1) is 13.6. The van der Waals surface area contributed by atoms with E-state index in [9.17, 15) is 9.18 Å². The van der Waals surface area contributed by atoms with Gasteiger partial charge in [0.15, 0.2) is 0 Å². The number of halogens is 1. The minimum absolute atomic E-state index is 0.210. The van der Waals surface area contributed by atoms with E-state index in [0.717, 1.165) is 10.5 Å². The number of nitrogens with one attached hydrogen (secondary N) is 1. The monoisotopic (exact) mass is 275 g/mol. The van der Waals surface area contributed by atoms with Crippen molar-refractivity contribution in [3.63, 3.8) is 0 Å². The first-order valence-electron chi connectivity index (χ1n) is 5.89. The second-order valence-electron chi connectivity index (χ2n) is 4.08. The molecule has 1 amide bonds. The number of hydrogen-bond donors (Lipinski definition) is 1. The van der Waals surface area contributed by atoms with Gasteiger partial charge in [-0.3, -0.25) is 4.79 Å². The second-order valence-corrected chi connectivity index (χ2v) is 5.10. The Balaban J connectivity index is 1.92. The summed E-state index contributed by atoms with van der Waals surface area (Å²) in [5.74, 6) is -0.366. The molecular formula is C15H14FNOS. The number of carbonyl (C=O) groups excluding carboxylic acids is 1. The number of hydrogen-bond acceptors (Lipinski definition) is 2. The molecule has 0 spiro atoms. The minimum atomic E-state index is -0.420. The molecule has 0 fully saturated rings. The van der Waals surface area contributed by atoms with E-state index >= 15 is 0 Å². The number of thioether (sulfide) groups is 1. The number of benzene rings is 2. The fourth-order valence-corrected chi connectivity index (χ4v) is 2.44. The van der Waals surface area contributed by atoms with Crippen molar-refractivity contribution in [3.8, 4) is 0 Å². The Morgan fingerprint density at radius 1 is 1.16 bits per heavy atom. The third-order valence-corrected chi connectivity index (χ3v) is 3.78. The van der Waals surface area contributed by atoms with Crippen molar-refractivity contribution >= 4 is 23.4 Å². The van der Waals surface area contributed by atoms with Crippen molar-refractivity contribution in [1.82, 2.24) is 0 Å². The first-order valence-corrected chi connectivity index (χ1v) is 6.88. The number of anilines is 1. The van der Waals surface area contributed by atoms with Crippen LogP contribution >= 0.6 is 11.8 Å². The number of para-hydroxylation sites is 1. The zero-order valence-corrected chi connectivity index (χ0v) is 11.3. The second kappa shape index (κ2) is 6.38. The summed E-state index contributed by atoms with van der Waals surface area (Å²) in [5.41, 5.74) is 1.35. The molecule has 19 heavy (non-hydrogen) atoms. The van der Waals surface area contributed by atoms with Crippen LogP contribution < -0.4 is 5.32 Å². The third kappa shape index (κ3) is 3.83. The normalized spacial score (nSPS) is 10.2. The van der Waals surface area contributed by atoms with Crippen molar-refractivity contribution in [1.29, 1.82) is 0 Å². The molecule has 2 rings (SSSR count). The Hall–Kier alpha value is -1.81. The molecule has 2 aromatic carbocycles. The highest BCUT2D eigenvalue weighted by molar-refractivity contribution is 8.00. The first-order chi connectivity index (χ1) is 9.16. The molecule has 0 aliphatic carbocycles. The lowest BCUT2D eigenvalue weighted by atomic mass is 10.2. The molecular weight excluding hydrogens is 261 g/mol. The lowest BCUT2D eigenvalue weighted by Crippen LogP contribution is -2.15. The smallest absolute Gasteiger partial charge is 0.234 e. The molecule has 0 unspecified atom stereocenters. The third-order valence-electron chi connectivity index (χ3n) is 2.60. The summed E-state index contributed by atoms with van der Waals surface area (Å²) in [7, 11) is 0. The summed E-state index contributed by atoms with van der Waals surface area (Å²) < 4.78 is 13.4. The average Bonchev–Trinajstić information content (AvgIpc) is 2.40. The highest BCUT2D eigenvalue weighted by atomic mass is 32.2. The predicted molar refractivity (Wildman–Crippen MR) is 76.9 cm³/mol. The van der Waals surface area contributed by atoms with Gasteiger partial charge >= 0.3 is 0 Å². The maximum Gasteiger partial charge on any atom is 0.234 e. The van der Waals surface area contributed by atoms with E-state index in [1.54, 1.807) is 18.2 Å².